The van der Waals surface area contributed by atoms with E-state index >= 15 is 0 Å². The molecule has 0 aliphatic rings. The minimum atomic E-state index is -3.52. The van der Waals surface area contributed by atoms with Crippen molar-refractivity contribution in [2.24, 2.45) is 0 Å². The van der Waals surface area contributed by atoms with Gasteiger partial charge in [0.1, 0.15) is 9.84 Å². The van der Waals surface area contributed by atoms with Gasteiger partial charge in [0, 0.05) is 18.2 Å². The smallest absolute Gasteiger partial charge is 0.212 e. The predicted molar refractivity (Wildman–Crippen MR) is 61.4 cm³/mol. The van der Waals surface area contributed by atoms with E-state index in [1.54, 1.807) is 6.92 Å². The zero-order valence-electron chi connectivity index (χ0n) is 8.73. The third-order valence-electron chi connectivity index (χ3n) is 1.65. The second-order valence-electron chi connectivity index (χ2n) is 3.45. The highest BCUT2D eigenvalue weighted by Gasteiger charge is 2.16. The summed E-state index contributed by atoms with van der Waals surface area (Å²) in [6.07, 6.45) is 1.52. The van der Waals surface area contributed by atoms with Crippen molar-refractivity contribution in [3.8, 4) is 0 Å². The van der Waals surface area contributed by atoms with Crippen LogP contribution < -0.4 is 4.72 Å². The third-order valence-corrected chi connectivity index (χ3v) is 4.57. The molecule has 0 bridgehead atoms. The minimum Gasteiger partial charge on any atom is -0.229 e. The molecule has 1 unspecified atom stereocenters. The van der Waals surface area contributed by atoms with Crippen LogP contribution in [0.3, 0.4) is 0 Å². The van der Waals surface area contributed by atoms with Crippen LogP contribution in [-0.4, -0.2) is 46.5 Å². The zero-order chi connectivity index (χ0) is 12.1. The first-order chi connectivity index (χ1) is 6.66. The van der Waals surface area contributed by atoms with Crippen molar-refractivity contribution in [3.63, 3.8) is 0 Å². The Hall–Kier alpha value is 0.150. The van der Waals surface area contributed by atoms with Gasteiger partial charge in [-0.3, -0.25) is 0 Å². The molecule has 92 valence electrons. The molecule has 5 nitrogen and oxygen atoms in total. The summed E-state index contributed by atoms with van der Waals surface area (Å²) >= 11 is 5.44. The van der Waals surface area contributed by atoms with Crippen LogP contribution in [0.4, 0.5) is 0 Å². The fourth-order valence-electron chi connectivity index (χ4n) is 0.849. The van der Waals surface area contributed by atoms with E-state index < -0.39 is 25.6 Å². The molecule has 0 aliphatic heterocycles. The third kappa shape index (κ3) is 9.10. The van der Waals surface area contributed by atoms with E-state index in [1.165, 1.54) is 0 Å². The van der Waals surface area contributed by atoms with E-state index in [0.29, 0.717) is 12.3 Å². The first-order valence-corrected chi connectivity index (χ1v) is 8.65. The summed E-state index contributed by atoms with van der Waals surface area (Å²) < 4.78 is 46.6. The van der Waals surface area contributed by atoms with Gasteiger partial charge in [0.25, 0.3) is 0 Å². The van der Waals surface area contributed by atoms with E-state index in [4.69, 9.17) is 11.6 Å². The number of alkyl halides is 1. The molecule has 0 aromatic rings. The molecular formula is C7H16ClNO4S2. The molecule has 0 rings (SSSR count). The molecule has 1 atom stereocenters. The lowest BCUT2D eigenvalue weighted by Gasteiger charge is -2.12. The van der Waals surface area contributed by atoms with Gasteiger partial charge in [-0.2, -0.15) is 0 Å². The first-order valence-electron chi connectivity index (χ1n) is 4.40. The Morgan fingerprint density at radius 2 is 1.73 bits per heavy atom. The number of nitrogens with one attached hydrogen (secondary N) is 1. The Labute approximate surface area is 96.2 Å². The molecule has 15 heavy (non-hydrogen) atoms. The molecule has 8 heteroatoms. The van der Waals surface area contributed by atoms with Crippen LogP contribution in [0.5, 0.6) is 0 Å². The maximum Gasteiger partial charge on any atom is 0.212 e. The monoisotopic (exact) mass is 277 g/mol. The summed E-state index contributed by atoms with van der Waals surface area (Å²) in [6, 6.07) is -0.271. The highest BCUT2D eigenvalue weighted by molar-refractivity contribution is 7.93. The molecule has 0 fully saturated rings. The Kier molecular flexibility index (Phi) is 6.09. The zero-order valence-corrected chi connectivity index (χ0v) is 11.1. The Morgan fingerprint density at radius 3 is 2.13 bits per heavy atom. The van der Waals surface area contributed by atoms with Gasteiger partial charge in [-0.15, -0.1) is 11.6 Å². The van der Waals surface area contributed by atoms with Gasteiger partial charge in [-0.05, 0) is 13.3 Å². The fraction of sp³-hybridized carbons (Fsp3) is 1.00. The van der Waals surface area contributed by atoms with Crippen molar-refractivity contribution in [1.82, 2.24) is 4.72 Å². The average molecular weight is 278 g/mol. The molecule has 0 amide bonds. The summed E-state index contributed by atoms with van der Waals surface area (Å²) in [4.78, 5) is 0. The fourth-order valence-corrected chi connectivity index (χ4v) is 4.11. The Balaban J connectivity index is 4.21. The summed E-state index contributed by atoms with van der Waals surface area (Å²) in [5.74, 6) is -0.413. The summed E-state index contributed by atoms with van der Waals surface area (Å²) in [5, 5.41) is 0. The number of hydrogen-bond acceptors (Lipinski definition) is 4. The molecule has 0 aromatic heterocycles. The van der Waals surface area contributed by atoms with Gasteiger partial charge < -0.3 is 0 Å². The normalized spacial score (nSPS) is 15.1. The summed E-state index contributed by atoms with van der Waals surface area (Å²) in [5.41, 5.74) is 0. The van der Waals surface area contributed by atoms with E-state index in [0.717, 1.165) is 6.26 Å². The molecule has 0 heterocycles. The van der Waals surface area contributed by atoms with Crippen molar-refractivity contribution in [2.75, 3.05) is 23.6 Å². The van der Waals surface area contributed by atoms with Gasteiger partial charge >= 0.3 is 0 Å². The van der Waals surface area contributed by atoms with Crippen LogP contribution in [-0.2, 0) is 19.9 Å². The largest absolute Gasteiger partial charge is 0.229 e. The van der Waals surface area contributed by atoms with Gasteiger partial charge in [0.05, 0.1) is 11.5 Å². The molecule has 1 N–H and O–H groups in total. The summed E-state index contributed by atoms with van der Waals surface area (Å²) in [7, 11) is -6.77. The topological polar surface area (TPSA) is 80.3 Å². The molecule has 0 spiro atoms. The van der Waals surface area contributed by atoms with Crippen LogP contribution in [0, 0.1) is 0 Å². The van der Waals surface area contributed by atoms with Gasteiger partial charge in [-0.25, -0.2) is 21.6 Å². The molecule has 0 radical (unpaired) electrons. The first kappa shape index (κ1) is 15.2. The standard InChI is InChI=1S/C7H16ClNO4S2/c1-7(3-4-8)9-15(12,13)6-5-14(2,10)11/h7,9H,3-6H2,1-2H3. The van der Waals surface area contributed by atoms with Crippen LogP contribution in [0.1, 0.15) is 13.3 Å². The van der Waals surface area contributed by atoms with Crippen molar-refractivity contribution >= 4 is 31.5 Å². The molecule has 0 saturated heterocycles. The van der Waals surface area contributed by atoms with Crippen molar-refractivity contribution in [3.05, 3.63) is 0 Å². The number of sulfonamides is 1. The predicted octanol–water partition coefficient (Wildman–Crippen LogP) is -0.0322. The molecular weight excluding hydrogens is 262 g/mol. The van der Waals surface area contributed by atoms with Crippen molar-refractivity contribution in [2.45, 2.75) is 19.4 Å². The number of sulfone groups is 1. The number of rotatable bonds is 7. The van der Waals surface area contributed by atoms with E-state index in [9.17, 15) is 16.8 Å². The maximum absolute atomic E-state index is 11.3. The van der Waals surface area contributed by atoms with Gasteiger partial charge in [0.15, 0.2) is 0 Å². The quantitative estimate of drug-likeness (QED) is 0.663. The lowest BCUT2D eigenvalue weighted by molar-refractivity contribution is 0.556. The van der Waals surface area contributed by atoms with E-state index in [2.05, 4.69) is 4.72 Å². The highest BCUT2D eigenvalue weighted by atomic mass is 35.5. The van der Waals surface area contributed by atoms with Crippen LogP contribution in [0.2, 0.25) is 0 Å². The van der Waals surface area contributed by atoms with Crippen molar-refractivity contribution < 1.29 is 16.8 Å². The molecule has 0 aromatic carbocycles. The Morgan fingerprint density at radius 1 is 1.20 bits per heavy atom. The van der Waals surface area contributed by atoms with E-state index in [1.807, 2.05) is 0 Å². The minimum absolute atomic E-state index is 0.271. The Bertz CT molecular complexity index is 376. The molecule has 0 aliphatic carbocycles. The SMILES string of the molecule is CC(CCCl)NS(=O)(=O)CCS(C)(=O)=O. The maximum atomic E-state index is 11.3. The van der Waals surface area contributed by atoms with Crippen molar-refractivity contribution in [1.29, 1.82) is 0 Å². The number of hydrogen-bond donors (Lipinski definition) is 1. The van der Waals surface area contributed by atoms with Crippen LogP contribution in [0.15, 0.2) is 0 Å². The van der Waals surface area contributed by atoms with Gasteiger partial charge in [0.2, 0.25) is 10.0 Å². The molecule has 0 saturated carbocycles. The average Bonchev–Trinajstić information content (AvgIpc) is 1.99. The van der Waals surface area contributed by atoms with Crippen LogP contribution in [0.25, 0.3) is 0 Å². The van der Waals surface area contributed by atoms with E-state index in [-0.39, 0.29) is 11.8 Å². The second kappa shape index (κ2) is 6.03. The summed E-state index contributed by atoms with van der Waals surface area (Å²) in [6.45, 7) is 1.68. The van der Waals surface area contributed by atoms with Gasteiger partial charge in [-0.1, -0.05) is 0 Å². The van der Waals surface area contributed by atoms with Crippen LogP contribution >= 0.6 is 11.6 Å². The number of halogens is 1. The lowest BCUT2D eigenvalue weighted by Crippen LogP contribution is -2.36. The highest BCUT2D eigenvalue weighted by Crippen LogP contribution is 1.97. The second-order valence-corrected chi connectivity index (χ2v) is 7.96. The lowest BCUT2D eigenvalue weighted by atomic mass is 10.3.